The number of carbonyl (C=O) groups is 3. The van der Waals surface area contributed by atoms with Crippen LogP contribution in [0.1, 0.15) is 33.1 Å². The molecule has 0 aliphatic heterocycles. The van der Waals surface area contributed by atoms with E-state index in [1.54, 1.807) is 6.92 Å². The van der Waals surface area contributed by atoms with Gasteiger partial charge in [0.2, 0.25) is 0 Å². The molecule has 0 unspecified atom stereocenters. The molecule has 7 nitrogen and oxygen atoms in total. The first-order valence-corrected chi connectivity index (χ1v) is 6.31. The maximum atomic E-state index is 11.5. The Bertz CT molecular complexity index is 384. The highest BCUT2D eigenvalue weighted by Crippen LogP contribution is 2.17. The Kier molecular flexibility index (Phi) is 9.02. The van der Waals surface area contributed by atoms with Crippen LogP contribution in [0.5, 0.6) is 0 Å². The number of ether oxygens (including phenoxy) is 2. The number of hydrogen-bond donors (Lipinski definition) is 2. The van der Waals surface area contributed by atoms with Crippen LogP contribution in [0.3, 0.4) is 0 Å². The van der Waals surface area contributed by atoms with Crippen LogP contribution in [0, 0.1) is 0 Å². The average molecular weight is 288 g/mol. The van der Waals surface area contributed by atoms with Crippen molar-refractivity contribution >= 4 is 17.9 Å². The van der Waals surface area contributed by atoms with E-state index in [9.17, 15) is 14.4 Å². The van der Waals surface area contributed by atoms with E-state index in [1.165, 1.54) is 0 Å². The zero-order valence-electron chi connectivity index (χ0n) is 11.7. The predicted octanol–water partition coefficient (Wildman–Crippen LogP) is 1.22. The van der Waals surface area contributed by atoms with Gasteiger partial charge in [-0.15, -0.1) is 0 Å². The summed E-state index contributed by atoms with van der Waals surface area (Å²) >= 11 is 0. The van der Waals surface area contributed by atoms with Crippen molar-refractivity contribution in [1.29, 1.82) is 0 Å². The Morgan fingerprint density at radius 3 is 2.10 bits per heavy atom. The quantitative estimate of drug-likeness (QED) is 0.353. The van der Waals surface area contributed by atoms with E-state index >= 15 is 0 Å². The zero-order valence-corrected chi connectivity index (χ0v) is 11.7. The molecular weight excluding hydrogens is 268 g/mol. The van der Waals surface area contributed by atoms with E-state index in [0.717, 1.165) is 0 Å². The molecule has 7 heteroatoms. The van der Waals surface area contributed by atoms with Crippen molar-refractivity contribution in [3.05, 3.63) is 11.1 Å². The second kappa shape index (κ2) is 9.96. The molecule has 0 aliphatic rings. The van der Waals surface area contributed by atoms with Crippen LogP contribution < -0.4 is 0 Å². The van der Waals surface area contributed by atoms with Crippen molar-refractivity contribution in [1.82, 2.24) is 0 Å². The van der Waals surface area contributed by atoms with Gasteiger partial charge >= 0.3 is 17.9 Å². The van der Waals surface area contributed by atoms with E-state index in [2.05, 4.69) is 0 Å². The third-order valence-electron chi connectivity index (χ3n) is 2.49. The molecule has 2 N–H and O–H groups in total. The molecule has 0 atom stereocenters. The molecule has 0 saturated carbocycles. The maximum absolute atomic E-state index is 11.5. The molecule has 0 bridgehead atoms. The van der Waals surface area contributed by atoms with Gasteiger partial charge in [0, 0.05) is 12.2 Å². The van der Waals surface area contributed by atoms with E-state index in [4.69, 9.17) is 19.7 Å². The summed E-state index contributed by atoms with van der Waals surface area (Å²) in [5, 5.41) is 17.7. The Morgan fingerprint density at radius 1 is 1.00 bits per heavy atom. The lowest BCUT2D eigenvalue weighted by Crippen LogP contribution is -2.15. The summed E-state index contributed by atoms with van der Waals surface area (Å²) < 4.78 is 9.87. The highest BCUT2D eigenvalue weighted by molar-refractivity contribution is 5.93. The number of carbonyl (C=O) groups excluding carboxylic acids is 1. The summed E-state index contributed by atoms with van der Waals surface area (Å²) in [6.45, 7) is 4.34. The topological polar surface area (TPSA) is 110 Å². The smallest absolute Gasteiger partial charge is 0.332 e. The molecule has 0 rings (SSSR count). The molecule has 0 spiro atoms. The van der Waals surface area contributed by atoms with Crippen molar-refractivity contribution < 1.29 is 34.1 Å². The summed E-state index contributed by atoms with van der Waals surface area (Å²) in [5.41, 5.74) is 0.00284. The van der Waals surface area contributed by atoms with E-state index in [-0.39, 0.29) is 37.2 Å². The molecule has 20 heavy (non-hydrogen) atoms. The second-order valence-corrected chi connectivity index (χ2v) is 3.91. The Hall–Kier alpha value is -1.89. The number of hydrogen-bond acceptors (Lipinski definition) is 5. The molecule has 0 aromatic heterocycles. The van der Waals surface area contributed by atoms with Crippen LogP contribution in [-0.2, 0) is 23.9 Å². The van der Waals surface area contributed by atoms with Crippen molar-refractivity contribution in [3.8, 4) is 0 Å². The third-order valence-corrected chi connectivity index (χ3v) is 2.49. The van der Waals surface area contributed by atoms with Gasteiger partial charge < -0.3 is 19.7 Å². The van der Waals surface area contributed by atoms with Gasteiger partial charge in [-0.2, -0.15) is 0 Å². The van der Waals surface area contributed by atoms with Crippen LogP contribution in [0.25, 0.3) is 0 Å². The first-order valence-electron chi connectivity index (χ1n) is 6.31. The number of rotatable bonds is 10. The predicted molar refractivity (Wildman–Crippen MR) is 69.3 cm³/mol. The molecule has 0 fully saturated rings. The summed E-state index contributed by atoms with van der Waals surface area (Å²) in [4.78, 5) is 33.2. The van der Waals surface area contributed by atoms with Crippen LogP contribution in [-0.4, -0.2) is 47.9 Å². The maximum Gasteiger partial charge on any atom is 0.332 e. The van der Waals surface area contributed by atoms with Gasteiger partial charge in [-0.1, -0.05) is 6.92 Å². The van der Waals surface area contributed by atoms with Crippen molar-refractivity contribution in [2.75, 3.05) is 19.8 Å². The molecule has 0 aromatic rings. The minimum absolute atomic E-state index is 0.0883. The van der Waals surface area contributed by atoms with Gasteiger partial charge in [0.05, 0.1) is 19.4 Å². The van der Waals surface area contributed by atoms with Crippen LogP contribution in [0.15, 0.2) is 11.1 Å². The molecular formula is C13H20O7. The van der Waals surface area contributed by atoms with Gasteiger partial charge in [-0.05, 0) is 18.9 Å². The molecule has 0 heterocycles. The zero-order chi connectivity index (χ0) is 15.5. The van der Waals surface area contributed by atoms with Crippen molar-refractivity contribution in [2.45, 2.75) is 33.1 Å². The summed E-state index contributed by atoms with van der Waals surface area (Å²) in [7, 11) is 0. The first-order chi connectivity index (χ1) is 9.42. The number of esters is 1. The van der Waals surface area contributed by atoms with Crippen LogP contribution in [0.2, 0.25) is 0 Å². The fourth-order valence-corrected chi connectivity index (χ4v) is 1.53. The van der Waals surface area contributed by atoms with Gasteiger partial charge in [-0.3, -0.25) is 9.59 Å². The Labute approximate surface area is 117 Å². The molecule has 0 aliphatic carbocycles. The largest absolute Gasteiger partial charge is 0.481 e. The van der Waals surface area contributed by atoms with Gasteiger partial charge in [-0.25, -0.2) is 4.79 Å². The lowest BCUT2D eigenvalue weighted by Gasteiger charge is -2.10. The first kappa shape index (κ1) is 18.1. The number of carboxylic acid groups (broad SMARTS) is 2. The summed E-state index contributed by atoms with van der Waals surface area (Å²) in [6.07, 6.45) is -0.572. The molecule has 114 valence electrons. The van der Waals surface area contributed by atoms with Gasteiger partial charge in [0.15, 0.2) is 0 Å². The monoisotopic (exact) mass is 288 g/mol. The molecule has 0 amide bonds. The standard InChI is InChI=1S/C13H20O7/c1-3-9(10(13(17)18)8-11(14)15)7-12(16)20-6-5-19-4-2/h3-8H2,1-2H3,(H,14,15)(H,17,18). The highest BCUT2D eigenvalue weighted by Gasteiger charge is 2.19. The molecule has 0 saturated heterocycles. The van der Waals surface area contributed by atoms with Gasteiger partial charge in [0.1, 0.15) is 6.61 Å². The number of carboxylic acids is 2. The number of aliphatic carboxylic acids is 2. The Morgan fingerprint density at radius 2 is 1.65 bits per heavy atom. The normalized spacial score (nSPS) is 11.7. The van der Waals surface area contributed by atoms with Gasteiger partial charge in [0.25, 0.3) is 0 Å². The summed E-state index contributed by atoms with van der Waals surface area (Å²) in [6, 6.07) is 0. The molecule has 0 radical (unpaired) electrons. The highest BCUT2D eigenvalue weighted by atomic mass is 16.6. The SMILES string of the molecule is CCOCCOC(=O)CC(CC)=C(CC(=O)O)C(=O)O. The summed E-state index contributed by atoms with van der Waals surface area (Å²) in [5.74, 6) is -3.17. The Balaban J connectivity index is 4.66. The van der Waals surface area contributed by atoms with E-state index < -0.39 is 24.3 Å². The lowest BCUT2D eigenvalue weighted by atomic mass is 10.00. The minimum atomic E-state index is -1.33. The van der Waals surface area contributed by atoms with E-state index in [1.807, 2.05) is 6.92 Å². The lowest BCUT2D eigenvalue weighted by molar-refractivity contribution is -0.144. The van der Waals surface area contributed by atoms with E-state index in [0.29, 0.717) is 6.61 Å². The van der Waals surface area contributed by atoms with Crippen LogP contribution in [0.4, 0.5) is 0 Å². The van der Waals surface area contributed by atoms with Crippen LogP contribution >= 0.6 is 0 Å². The van der Waals surface area contributed by atoms with Crippen molar-refractivity contribution in [2.24, 2.45) is 0 Å². The second-order valence-electron chi connectivity index (χ2n) is 3.91. The molecule has 0 aromatic carbocycles. The average Bonchev–Trinajstić information content (AvgIpc) is 2.38. The van der Waals surface area contributed by atoms with Crippen molar-refractivity contribution in [3.63, 3.8) is 0 Å². The fourth-order valence-electron chi connectivity index (χ4n) is 1.53. The fraction of sp³-hybridized carbons (Fsp3) is 0.615. The third kappa shape index (κ3) is 7.52. The minimum Gasteiger partial charge on any atom is -0.481 e.